The van der Waals surface area contributed by atoms with Crippen LogP contribution in [0.15, 0.2) is 60.3 Å². The first-order valence-corrected chi connectivity index (χ1v) is 8.83. The highest BCUT2D eigenvalue weighted by atomic mass is 32.2. The maximum atomic E-state index is 12.6. The first-order valence-electron chi connectivity index (χ1n) is 7.34. The second-order valence-corrected chi connectivity index (χ2v) is 7.30. The van der Waals surface area contributed by atoms with E-state index in [1.807, 2.05) is 23.8 Å². The molecule has 1 atom stereocenters. The SMILES string of the molecule is CC(CNS(=O)(=O)c1cccc2ccncc12)Cn1ccnc1. The topological polar surface area (TPSA) is 76.9 Å². The van der Waals surface area contributed by atoms with Gasteiger partial charge in [-0.15, -0.1) is 0 Å². The van der Waals surface area contributed by atoms with Crippen LogP contribution in [-0.4, -0.2) is 29.5 Å². The van der Waals surface area contributed by atoms with Gasteiger partial charge in [-0.1, -0.05) is 19.1 Å². The predicted octanol–water partition coefficient (Wildman–Crippen LogP) is 2.05. The van der Waals surface area contributed by atoms with Gasteiger partial charge in [0, 0.05) is 43.3 Å². The molecule has 0 radical (unpaired) electrons. The van der Waals surface area contributed by atoms with Crippen molar-refractivity contribution in [3.8, 4) is 0 Å². The van der Waals surface area contributed by atoms with Crippen LogP contribution in [0.25, 0.3) is 10.8 Å². The molecule has 3 aromatic rings. The summed E-state index contributed by atoms with van der Waals surface area (Å²) in [5.41, 5.74) is 0. The summed E-state index contributed by atoms with van der Waals surface area (Å²) >= 11 is 0. The summed E-state index contributed by atoms with van der Waals surface area (Å²) in [5.74, 6) is 0.145. The van der Waals surface area contributed by atoms with Crippen LogP contribution in [0.5, 0.6) is 0 Å². The molecule has 1 unspecified atom stereocenters. The molecule has 0 aliphatic rings. The van der Waals surface area contributed by atoms with E-state index in [9.17, 15) is 8.42 Å². The summed E-state index contributed by atoms with van der Waals surface area (Å²) in [6.45, 7) is 3.06. The fourth-order valence-electron chi connectivity index (χ4n) is 2.47. The number of hydrogen-bond acceptors (Lipinski definition) is 4. The lowest BCUT2D eigenvalue weighted by Crippen LogP contribution is -2.30. The lowest BCUT2D eigenvalue weighted by atomic mass is 10.2. The first-order chi connectivity index (χ1) is 11.1. The van der Waals surface area contributed by atoms with E-state index >= 15 is 0 Å². The molecule has 0 saturated carbocycles. The molecule has 0 aliphatic carbocycles. The summed E-state index contributed by atoms with van der Waals surface area (Å²) in [7, 11) is -3.58. The van der Waals surface area contributed by atoms with Gasteiger partial charge in [-0.25, -0.2) is 18.1 Å². The lowest BCUT2D eigenvalue weighted by molar-refractivity contribution is 0.470. The zero-order valence-corrected chi connectivity index (χ0v) is 13.6. The van der Waals surface area contributed by atoms with Crippen molar-refractivity contribution in [1.82, 2.24) is 19.3 Å². The number of nitrogens with one attached hydrogen (secondary N) is 1. The van der Waals surface area contributed by atoms with Gasteiger partial charge < -0.3 is 4.57 Å². The molecule has 1 N–H and O–H groups in total. The molecule has 0 amide bonds. The van der Waals surface area contributed by atoms with E-state index in [2.05, 4.69) is 14.7 Å². The Bertz CT molecular complexity index is 886. The molecule has 120 valence electrons. The summed E-state index contributed by atoms with van der Waals surface area (Å²) < 4.78 is 29.8. The van der Waals surface area contributed by atoms with E-state index in [4.69, 9.17) is 0 Å². The quantitative estimate of drug-likeness (QED) is 0.750. The second-order valence-electron chi connectivity index (χ2n) is 5.57. The van der Waals surface area contributed by atoms with Crippen LogP contribution in [-0.2, 0) is 16.6 Å². The van der Waals surface area contributed by atoms with Crippen molar-refractivity contribution in [2.75, 3.05) is 6.54 Å². The van der Waals surface area contributed by atoms with E-state index < -0.39 is 10.0 Å². The van der Waals surface area contributed by atoms with E-state index in [1.54, 1.807) is 43.1 Å². The first kappa shape index (κ1) is 15.6. The van der Waals surface area contributed by atoms with Crippen LogP contribution in [0, 0.1) is 5.92 Å². The lowest BCUT2D eigenvalue weighted by Gasteiger charge is -2.14. The third-order valence-electron chi connectivity index (χ3n) is 3.64. The molecular formula is C16H18N4O2S. The minimum absolute atomic E-state index is 0.145. The Morgan fingerprint density at radius 1 is 1.22 bits per heavy atom. The standard InChI is InChI=1S/C16H18N4O2S/c1-13(11-20-8-7-18-12-20)9-19-23(21,22)16-4-2-3-14-5-6-17-10-15(14)16/h2-8,10,12-13,19H,9,11H2,1H3. The smallest absolute Gasteiger partial charge is 0.241 e. The Morgan fingerprint density at radius 2 is 2.09 bits per heavy atom. The monoisotopic (exact) mass is 330 g/mol. The average Bonchev–Trinajstić information content (AvgIpc) is 3.05. The maximum Gasteiger partial charge on any atom is 0.241 e. The molecule has 3 rings (SSSR count). The highest BCUT2D eigenvalue weighted by Crippen LogP contribution is 2.21. The minimum Gasteiger partial charge on any atom is -0.337 e. The number of nitrogens with zero attached hydrogens (tertiary/aromatic N) is 3. The number of rotatable bonds is 6. The van der Waals surface area contributed by atoms with Crippen LogP contribution < -0.4 is 4.72 Å². The molecular weight excluding hydrogens is 312 g/mol. The molecule has 6 nitrogen and oxygen atoms in total. The van der Waals surface area contributed by atoms with Crippen LogP contribution in [0.1, 0.15) is 6.92 Å². The highest BCUT2D eigenvalue weighted by Gasteiger charge is 2.18. The van der Waals surface area contributed by atoms with Crippen molar-refractivity contribution in [3.63, 3.8) is 0 Å². The van der Waals surface area contributed by atoms with Gasteiger partial charge in [0.2, 0.25) is 10.0 Å². The molecule has 7 heteroatoms. The summed E-state index contributed by atoms with van der Waals surface area (Å²) in [6.07, 6.45) is 8.53. The Morgan fingerprint density at radius 3 is 2.87 bits per heavy atom. The van der Waals surface area contributed by atoms with Crippen molar-refractivity contribution in [2.45, 2.75) is 18.4 Å². The fraction of sp³-hybridized carbons (Fsp3) is 0.250. The van der Waals surface area contributed by atoms with E-state index in [0.29, 0.717) is 18.5 Å². The number of aromatic nitrogens is 3. The van der Waals surface area contributed by atoms with Crippen molar-refractivity contribution < 1.29 is 8.42 Å². The molecule has 0 bridgehead atoms. The minimum atomic E-state index is -3.58. The number of hydrogen-bond donors (Lipinski definition) is 1. The Hall–Kier alpha value is -2.25. The zero-order valence-electron chi connectivity index (χ0n) is 12.8. The molecule has 1 aromatic carbocycles. The second kappa shape index (κ2) is 6.47. The summed E-state index contributed by atoms with van der Waals surface area (Å²) in [4.78, 5) is 8.27. The molecule has 0 spiro atoms. The van der Waals surface area contributed by atoms with Crippen molar-refractivity contribution in [1.29, 1.82) is 0 Å². The Balaban J connectivity index is 1.76. The molecule has 23 heavy (non-hydrogen) atoms. The van der Waals surface area contributed by atoms with Gasteiger partial charge in [-0.05, 0) is 23.4 Å². The molecule has 2 aromatic heterocycles. The van der Waals surface area contributed by atoms with Crippen LogP contribution in [0.2, 0.25) is 0 Å². The van der Waals surface area contributed by atoms with Gasteiger partial charge in [0.25, 0.3) is 0 Å². The zero-order chi connectivity index (χ0) is 16.3. The Kier molecular flexibility index (Phi) is 4.40. The Labute approximate surface area is 135 Å². The van der Waals surface area contributed by atoms with Crippen LogP contribution >= 0.6 is 0 Å². The predicted molar refractivity (Wildman–Crippen MR) is 88.3 cm³/mol. The third-order valence-corrected chi connectivity index (χ3v) is 5.12. The van der Waals surface area contributed by atoms with Crippen molar-refractivity contribution in [2.24, 2.45) is 5.92 Å². The van der Waals surface area contributed by atoms with Gasteiger partial charge >= 0.3 is 0 Å². The third kappa shape index (κ3) is 3.57. The van der Waals surface area contributed by atoms with Gasteiger partial charge in [-0.3, -0.25) is 4.98 Å². The highest BCUT2D eigenvalue weighted by molar-refractivity contribution is 7.89. The molecule has 0 fully saturated rings. The summed E-state index contributed by atoms with van der Waals surface area (Å²) in [5, 5.41) is 1.49. The number of imidazole rings is 1. The molecule has 0 aliphatic heterocycles. The van der Waals surface area contributed by atoms with Crippen LogP contribution in [0.3, 0.4) is 0 Å². The van der Waals surface area contributed by atoms with Gasteiger partial charge in [0.05, 0.1) is 11.2 Å². The van der Waals surface area contributed by atoms with Gasteiger partial charge in [0.1, 0.15) is 0 Å². The van der Waals surface area contributed by atoms with E-state index in [-0.39, 0.29) is 10.8 Å². The van der Waals surface area contributed by atoms with Crippen molar-refractivity contribution >= 4 is 20.8 Å². The van der Waals surface area contributed by atoms with Gasteiger partial charge in [0.15, 0.2) is 0 Å². The van der Waals surface area contributed by atoms with Gasteiger partial charge in [-0.2, -0.15) is 0 Å². The maximum absolute atomic E-state index is 12.6. The molecule has 0 saturated heterocycles. The average molecular weight is 330 g/mol. The van der Waals surface area contributed by atoms with Crippen molar-refractivity contribution in [3.05, 3.63) is 55.4 Å². The largest absolute Gasteiger partial charge is 0.337 e. The fourth-order valence-corrected chi connectivity index (χ4v) is 3.85. The van der Waals surface area contributed by atoms with E-state index in [0.717, 1.165) is 5.39 Å². The van der Waals surface area contributed by atoms with Crippen LogP contribution in [0.4, 0.5) is 0 Å². The number of sulfonamides is 1. The summed E-state index contributed by atoms with van der Waals surface area (Å²) in [6, 6.07) is 7.02. The molecule has 2 heterocycles. The normalized spacial score (nSPS) is 13.3. The van der Waals surface area contributed by atoms with E-state index in [1.165, 1.54) is 0 Å². The number of pyridine rings is 1. The number of fused-ring (bicyclic) bond motifs is 1. The number of benzene rings is 1.